The van der Waals surface area contributed by atoms with E-state index in [4.69, 9.17) is 0 Å². The van der Waals surface area contributed by atoms with Gasteiger partial charge in [0.1, 0.15) is 0 Å². The molecule has 0 bridgehead atoms. The number of rotatable bonds is 5. The SMILES string of the molecule is C=C(C)C1CCC2C3CCC4CC(CCCC)CCC4(CC)C3CCC12C. The molecule has 4 saturated carbocycles. The van der Waals surface area contributed by atoms with E-state index in [1.54, 1.807) is 32.1 Å². The number of allylic oxidation sites excluding steroid dienone is 1. The van der Waals surface area contributed by atoms with E-state index in [9.17, 15) is 0 Å². The fraction of sp³-hybridized carbons (Fsp3) is 0.926. The predicted octanol–water partition coefficient (Wildman–Crippen LogP) is 8.42. The lowest BCUT2D eigenvalue weighted by Gasteiger charge is -2.62. The van der Waals surface area contributed by atoms with Crippen LogP contribution in [0.5, 0.6) is 0 Å². The van der Waals surface area contributed by atoms with Crippen molar-refractivity contribution >= 4 is 0 Å². The van der Waals surface area contributed by atoms with Gasteiger partial charge in [0.15, 0.2) is 0 Å². The second kappa shape index (κ2) is 7.53. The molecule has 8 atom stereocenters. The quantitative estimate of drug-likeness (QED) is 0.426. The van der Waals surface area contributed by atoms with E-state index in [0.29, 0.717) is 10.8 Å². The fourth-order valence-corrected chi connectivity index (χ4v) is 9.41. The molecule has 4 aliphatic rings. The minimum absolute atomic E-state index is 0.576. The maximum Gasteiger partial charge on any atom is -0.0152 e. The van der Waals surface area contributed by atoms with Crippen molar-refractivity contribution in [2.75, 3.05) is 0 Å². The molecule has 0 aromatic rings. The molecule has 0 nitrogen and oxygen atoms in total. The first-order valence-corrected chi connectivity index (χ1v) is 12.6. The van der Waals surface area contributed by atoms with Crippen LogP contribution >= 0.6 is 0 Å². The van der Waals surface area contributed by atoms with Gasteiger partial charge in [-0.25, -0.2) is 0 Å². The Labute approximate surface area is 170 Å². The molecule has 0 saturated heterocycles. The zero-order chi connectivity index (χ0) is 19.2. The highest BCUT2D eigenvalue weighted by molar-refractivity contribution is 5.15. The third-order valence-electron chi connectivity index (χ3n) is 10.7. The van der Waals surface area contributed by atoms with E-state index in [0.717, 1.165) is 35.5 Å². The van der Waals surface area contributed by atoms with Gasteiger partial charge in [0.05, 0.1) is 0 Å². The van der Waals surface area contributed by atoms with Crippen molar-refractivity contribution in [2.24, 2.45) is 46.3 Å². The van der Waals surface area contributed by atoms with Crippen LogP contribution in [0, 0.1) is 46.3 Å². The largest absolute Gasteiger partial charge is 0.0998 e. The van der Waals surface area contributed by atoms with Gasteiger partial charge in [0.2, 0.25) is 0 Å². The minimum Gasteiger partial charge on any atom is -0.0998 e. The summed E-state index contributed by atoms with van der Waals surface area (Å²) < 4.78 is 0. The predicted molar refractivity (Wildman–Crippen MR) is 118 cm³/mol. The Morgan fingerprint density at radius 2 is 1.78 bits per heavy atom. The molecule has 0 amide bonds. The van der Waals surface area contributed by atoms with E-state index in [2.05, 4.69) is 34.3 Å². The summed E-state index contributed by atoms with van der Waals surface area (Å²) in [4.78, 5) is 0. The standard InChI is InChI=1S/C27H46/c1-6-8-9-20-14-17-27(7-2)21(18-20)10-11-22-24-13-12-23(19(3)4)26(24,5)16-15-25(22)27/h20-25H,3,6-18H2,1-2,4-5H3. The number of unbranched alkanes of at least 4 members (excludes halogenated alkanes) is 1. The van der Waals surface area contributed by atoms with Crippen molar-refractivity contribution in [1.82, 2.24) is 0 Å². The molecular weight excluding hydrogens is 324 g/mol. The highest BCUT2D eigenvalue weighted by Crippen LogP contribution is 2.69. The van der Waals surface area contributed by atoms with E-state index < -0.39 is 0 Å². The molecule has 4 rings (SSSR count). The van der Waals surface area contributed by atoms with Crippen molar-refractivity contribution in [3.05, 3.63) is 12.2 Å². The summed E-state index contributed by atoms with van der Waals surface area (Å²) >= 11 is 0. The molecular formula is C27H46. The van der Waals surface area contributed by atoms with Crippen LogP contribution in [0.25, 0.3) is 0 Å². The molecule has 0 aliphatic heterocycles. The van der Waals surface area contributed by atoms with Gasteiger partial charge in [0.25, 0.3) is 0 Å². The molecule has 4 aliphatic carbocycles. The smallest absolute Gasteiger partial charge is 0.0152 e. The molecule has 4 fully saturated rings. The molecule has 0 N–H and O–H groups in total. The van der Waals surface area contributed by atoms with Crippen molar-refractivity contribution < 1.29 is 0 Å². The molecule has 154 valence electrons. The number of fused-ring (bicyclic) bond motifs is 5. The molecule has 0 spiro atoms. The Hall–Kier alpha value is -0.260. The Morgan fingerprint density at radius 3 is 2.48 bits per heavy atom. The number of hydrogen-bond acceptors (Lipinski definition) is 0. The summed E-state index contributed by atoms with van der Waals surface area (Å²) in [6.45, 7) is 14.3. The van der Waals surface area contributed by atoms with Gasteiger partial charge in [-0.2, -0.15) is 0 Å². The van der Waals surface area contributed by atoms with Crippen molar-refractivity contribution in [3.8, 4) is 0 Å². The normalized spacial score (nSPS) is 49.2. The van der Waals surface area contributed by atoms with Gasteiger partial charge in [-0.3, -0.25) is 0 Å². The van der Waals surface area contributed by atoms with Gasteiger partial charge in [-0.1, -0.05) is 52.2 Å². The van der Waals surface area contributed by atoms with Crippen LogP contribution < -0.4 is 0 Å². The molecule has 27 heavy (non-hydrogen) atoms. The van der Waals surface area contributed by atoms with E-state index in [1.165, 1.54) is 56.9 Å². The minimum atomic E-state index is 0.576. The first-order valence-electron chi connectivity index (χ1n) is 12.6. The molecule has 0 heterocycles. The van der Waals surface area contributed by atoms with Crippen molar-refractivity contribution in [3.63, 3.8) is 0 Å². The zero-order valence-electron chi connectivity index (χ0n) is 18.9. The van der Waals surface area contributed by atoms with E-state index in [-0.39, 0.29) is 0 Å². The van der Waals surface area contributed by atoms with Crippen LogP contribution in [0.3, 0.4) is 0 Å². The van der Waals surface area contributed by atoms with Gasteiger partial charge in [-0.15, -0.1) is 0 Å². The summed E-state index contributed by atoms with van der Waals surface area (Å²) in [5.41, 5.74) is 2.77. The molecule has 0 aromatic carbocycles. The Balaban J connectivity index is 1.55. The summed E-state index contributed by atoms with van der Waals surface area (Å²) in [6.07, 6.45) is 19.6. The Kier molecular flexibility index (Phi) is 5.59. The maximum atomic E-state index is 4.41. The summed E-state index contributed by atoms with van der Waals surface area (Å²) in [6, 6.07) is 0. The maximum absolute atomic E-state index is 4.41. The van der Waals surface area contributed by atoms with Crippen LogP contribution in [0.2, 0.25) is 0 Å². The topological polar surface area (TPSA) is 0 Å². The molecule has 0 heteroatoms. The van der Waals surface area contributed by atoms with Crippen LogP contribution in [-0.2, 0) is 0 Å². The highest BCUT2D eigenvalue weighted by atomic mass is 14.7. The lowest BCUT2D eigenvalue weighted by molar-refractivity contribution is -0.127. The summed E-state index contributed by atoms with van der Waals surface area (Å²) in [5.74, 6) is 6.01. The average Bonchev–Trinajstić information content (AvgIpc) is 3.03. The fourth-order valence-electron chi connectivity index (χ4n) is 9.41. The summed E-state index contributed by atoms with van der Waals surface area (Å²) in [7, 11) is 0. The van der Waals surface area contributed by atoms with Gasteiger partial charge >= 0.3 is 0 Å². The van der Waals surface area contributed by atoms with Crippen LogP contribution in [0.1, 0.15) is 111 Å². The highest BCUT2D eigenvalue weighted by Gasteiger charge is 2.60. The number of hydrogen-bond donors (Lipinski definition) is 0. The molecule has 0 aromatic heterocycles. The zero-order valence-corrected chi connectivity index (χ0v) is 18.9. The van der Waals surface area contributed by atoms with Crippen molar-refractivity contribution in [2.45, 2.75) is 111 Å². The molecule has 0 radical (unpaired) electrons. The van der Waals surface area contributed by atoms with Gasteiger partial charge in [0, 0.05) is 0 Å². The Bertz CT molecular complexity index is 546. The monoisotopic (exact) mass is 370 g/mol. The first-order chi connectivity index (χ1) is 13.0. The van der Waals surface area contributed by atoms with Crippen LogP contribution in [0.4, 0.5) is 0 Å². The average molecular weight is 371 g/mol. The van der Waals surface area contributed by atoms with E-state index >= 15 is 0 Å². The lowest BCUT2D eigenvalue weighted by Crippen LogP contribution is -2.54. The molecule has 8 unspecified atom stereocenters. The first kappa shape index (κ1) is 20.0. The second-order valence-electron chi connectivity index (χ2n) is 11.5. The van der Waals surface area contributed by atoms with Crippen LogP contribution in [-0.4, -0.2) is 0 Å². The lowest BCUT2D eigenvalue weighted by atomic mass is 9.43. The van der Waals surface area contributed by atoms with Gasteiger partial charge in [-0.05, 0) is 117 Å². The summed E-state index contributed by atoms with van der Waals surface area (Å²) in [5, 5.41) is 0. The van der Waals surface area contributed by atoms with Crippen LogP contribution in [0.15, 0.2) is 12.2 Å². The third-order valence-corrected chi connectivity index (χ3v) is 10.7. The third kappa shape index (κ3) is 3.07. The van der Waals surface area contributed by atoms with E-state index in [1.807, 2.05) is 0 Å². The van der Waals surface area contributed by atoms with Crippen molar-refractivity contribution in [1.29, 1.82) is 0 Å². The second-order valence-corrected chi connectivity index (χ2v) is 11.5. The van der Waals surface area contributed by atoms with Gasteiger partial charge < -0.3 is 0 Å². The Morgan fingerprint density at radius 1 is 0.963 bits per heavy atom.